The van der Waals surface area contributed by atoms with Crippen molar-refractivity contribution in [2.24, 2.45) is 34.2 Å². The molecule has 2 N–H and O–H groups in total. The molecule has 4 aliphatic rings. The largest absolute Gasteiger partial charge is 0.411 e. The molecule has 0 aliphatic heterocycles. The minimum absolute atomic E-state index is 0.0590. The van der Waals surface area contributed by atoms with Gasteiger partial charge in [0.1, 0.15) is 5.60 Å². The lowest BCUT2D eigenvalue weighted by atomic mass is 9.49. The molecule has 3 fully saturated rings. The van der Waals surface area contributed by atoms with E-state index in [9.17, 15) is 5.11 Å². The lowest BCUT2D eigenvalue weighted by Crippen LogP contribution is -2.53. The second-order valence-electron chi connectivity index (χ2n) is 8.52. The molecule has 3 nitrogen and oxygen atoms in total. The summed E-state index contributed by atoms with van der Waals surface area (Å²) in [5, 5.41) is 23.7. The van der Waals surface area contributed by atoms with Gasteiger partial charge in [0.15, 0.2) is 0 Å². The van der Waals surface area contributed by atoms with Crippen molar-refractivity contribution in [1.29, 1.82) is 0 Å². The Bertz CT molecular complexity index is 630. The van der Waals surface area contributed by atoms with Crippen LogP contribution in [0.3, 0.4) is 0 Å². The minimum atomic E-state index is -0.892. The van der Waals surface area contributed by atoms with Crippen molar-refractivity contribution in [2.75, 3.05) is 0 Å². The Labute approximate surface area is 145 Å². The lowest BCUT2D eigenvalue weighted by molar-refractivity contribution is -0.0989. The highest BCUT2D eigenvalue weighted by atomic mass is 16.4. The van der Waals surface area contributed by atoms with E-state index in [1.807, 2.05) is 0 Å². The highest BCUT2D eigenvalue weighted by molar-refractivity contribution is 5.96. The normalized spacial score (nSPS) is 48.9. The second-order valence-corrected chi connectivity index (χ2v) is 8.52. The summed E-state index contributed by atoms with van der Waals surface area (Å²) in [6, 6.07) is 0. The molecule has 0 aromatic heterocycles. The average Bonchev–Trinajstić information content (AvgIpc) is 2.94. The third kappa shape index (κ3) is 1.99. The van der Waals surface area contributed by atoms with Crippen molar-refractivity contribution in [2.45, 2.75) is 70.3 Å². The van der Waals surface area contributed by atoms with E-state index in [0.717, 1.165) is 56.6 Å². The number of rotatable bonds is 1. The summed E-state index contributed by atoms with van der Waals surface area (Å²) in [7, 11) is 0. The molecule has 4 rings (SSSR count). The molecule has 0 aromatic carbocycles. The third-order valence-electron chi connectivity index (χ3n) is 8.16. The topological polar surface area (TPSA) is 52.8 Å². The van der Waals surface area contributed by atoms with Crippen LogP contribution in [0, 0.1) is 41.4 Å². The number of fused-ring (bicyclic) bond motifs is 5. The molecule has 0 bridgehead atoms. The van der Waals surface area contributed by atoms with Crippen LogP contribution in [0.25, 0.3) is 0 Å². The number of oxime groups is 1. The third-order valence-corrected chi connectivity index (χ3v) is 8.16. The number of hydrogen-bond acceptors (Lipinski definition) is 3. The molecule has 0 heterocycles. The Morgan fingerprint density at radius 1 is 1.21 bits per heavy atom. The molecule has 0 amide bonds. The number of terminal acetylenes is 1. The summed E-state index contributed by atoms with van der Waals surface area (Å²) < 4.78 is 0. The van der Waals surface area contributed by atoms with Gasteiger partial charge in [-0.2, -0.15) is 0 Å². The molecule has 0 saturated heterocycles. The van der Waals surface area contributed by atoms with Crippen LogP contribution in [-0.4, -0.2) is 21.6 Å². The quantitative estimate of drug-likeness (QED) is 0.432. The summed E-state index contributed by atoms with van der Waals surface area (Å²) in [6.07, 6.45) is 17.4. The van der Waals surface area contributed by atoms with Crippen molar-refractivity contribution in [3.8, 4) is 12.3 Å². The Morgan fingerprint density at radius 2 is 2.04 bits per heavy atom. The SMILES string of the molecule is C#C[C@]1(O)CC[C@H]2[C@@H]3CCC4=CC(=NO)CC[C@@H]4[C@H]3CC[C@@]21CC. The fourth-order valence-corrected chi connectivity index (χ4v) is 7.05. The first-order valence-corrected chi connectivity index (χ1v) is 9.70. The van der Waals surface area contributed by atoms with E-state index < -0.39 is 5.60 Å². The molecule has 0 unspecified atom stereocenters. The predicted octanol–water partition coefficient (Wildman–Crippen LogP) is 4.14. The van der Waals surface area contributed by atoms with Crippen molar-refractivity contribution in [3.05, 3.63) is 11.6 Å². The minimum Gasteiger partial charge on any atom is -0.411 e. The summed E-state index contributed by atoms with van der Waals surface area (Å²) in [4.78, 5) is 0. The fraction of sp³-hybridized carbons (Fsp3) is 0.762. The van der Waals surface area contributed by atoms with Gasteiger partial charge < -0.3 is 10.3 Å². The number of aliphatic hydroxyl groups is 1. The summed E-state index contributed by atoms with van der Waals surface area (Å²) in [6.45, 7) is 2.22. The highest BCUT2D eigenvalue weighted by Crippen LogP contribution is 2.66. The molecule has 6 atom stereocenters. The van der Waals surface area contributed by atoms with Crippen LogP contribution >= 0.6 is 0 Å². The van der Waals surface area contributed by atoms with Crippen LogP contribution in [0.5, 0.6) is 0 Å². The van der Waals surface area contributed by atoms with Gasteiger partial charge in [0, 0.05) is 5.41 Å². The van der Waals surface area contributed by atoms with Crippen molar-refractivity contribution < 1.29 is 10.3 Å². The van der Waals surface area contributed by atoms with E-state index in [2.05, 4.69) is 24.1 Å². The van der Waals surface area contributed by atoms with E-state index in [-0.39, 0.29) is 5.41 Å². The van der Waals surface area contributed by atoms with E-state index in [1.165, 1.54) is 18.4 Å². The Morgan fingerprint density at radius 3 is 2.75 bits per heavy atom. The molecule has 130 valence electrons. The summed E-state index contributed by atoms with van der Waals surface area (Å²) >= 11 is 0. The first-order valence-electron chi connectivity index (χ1n) is 9.70. The first kappa shape index (κ1) is 16.2. The van der Waals surface area contributed by atoms with Crippen LogP contribution in [0.1, 0.15) is 64.7 Å². The van der Waals surface area contributed by atoms with E-state index in [4.69, 9.17) is 11.6 Å². The van der Waals surface area contributed by atoms with Gasteiger partial charge in [0.05, 0.1) is 5.71 Å². The van der Waals surface area contributed by atoms with Gasteiger partial charge in [-0.3, -0.25) is 0 Å². The average molecular weight is 327 g/mol. The maximum absolute atomic E-state index is 11.1. The molecular weight excluding hydrogens is 298 g/mol. The van der Waals surface area contributed by atoms with Crippen molar-refractivity contribution in [3.63, 3.8) is 0 Å². The Balaban J connectivity index is 1.65. The number of hydrogen-bond donors (Lipinski definition) is 2. The van der Waals surface area contributed by atoms with Gasteiger partial charge in [-0.15, -0.1) is 6.42 Å². The van der Waals surface area contributed by atoms with Crippen LogP contribution in [-0.2, 0) is 0 Å². The zero-order chi connectivity index (χ0) is 16.9. The maximum Gasteiger partial charge on any atom is 0.131 e. The van der Waals surface area contributed by atoms with Gasteiger partial charge in [0.2, 0.25) is 0 Å². The van der Waals surface area contributed by atoms with Gasteiger partial charge in [0.25, 0.3) is 0 Å². The van der Waals surface area contributed by atoms with E-state index in [0.29, 0.717) is 17.8 Å². The van der Waals surface area contributed by atoms with Gasteiger partial charge >= 0.3 is 0 Å². The number of allylic oxidation sites excluding steroid dienone is 2. The maximum atomic E-state index is 11.1. The van der Waals surface area contributed by atoms with E-state index >= 15 is 0 Å². The Hall–Kier alpha value is -1.27. The molecular formula is C21H29NO2. The molecule has 0 aromatic rings. The summed E-state index contributed by atoms with van der Waals surface area (Å²) in [5.74, 6) is 5.47. The molecule has 3 heteroatoms. The van der Waals surface area contributed by atoms with Gasteiger partial charge in [-0.1, -0.05) is 23.6 Å². The second kappa shape index (κ2) is 5.63. The highest BCUT2D eigenvalue weighted by Gasteiger charge is 2.63. The van der Waals surface area contributed by atoms with Crippen molar-refractivity contribution >= 4 is 5.71 Å². The van der Waals surface area contributed by atoms with E-state index in [1.54, 1.807) is 0 Å². The zero-order valence-corrected chi connectivity index (χ0v) is 14.7. The molecule has 3 saturated carbocycles. The molecule has 24 heavy (non-hydrogen) atoms. The van der Waals surface area contributed by atoms with Gasteiger partial charge in [-0.25, -0.2) is 0 Å². The predicted molar refractivity (Wildman–Crippen MR) is 94.7 cm³/mol. The molecule has 4 aliphatic carbocycles. The number of nitrogens with zero attached hydrogens (tertiary/aromatic N) is 1. The fourth-order valence-electron chi connectivity index (χ4n) is 7.05. The molecule has 0 radical (unpaired) electrons. The van der Waals surface area contributed by atoms with Crippen LogP contribution in [0.15, 0.2) is 16.8 Å². The van der Waals surface area contributed by atoms with Gasteiger partial charge in [-0.05, 0) is 87.5 Å². The smallest absolute Gasteiger partial charge is 0.131 e. The van der Waals surface area contributed by atoms with Crippen LogP contribution in [0.4, 0.5) is 0 Å². The standard InChI is InChI=1S/C21H29NO2/c1-3-20-11-9-17-16-8-6-15(22-24)13-14(16)5-7-18(17)19(20)10-12-21(20,23)4-2/h2,13,16-19,23-24H,3,5-12H2,1H3/t16-,17+,18+,19-,20-,21-/m0/s1. The van der Waals surface area contributed by atoms with Crippen LogP contribution < -0.4 is 0 Å². The summed E-state index contributed by atoms with van der Waals surface area (Å²) in [5.41, 5.74) is 1.40. The Kier molecular flexibility index (Phi) is 3.80. The lowest BCUT2D eigenvalue weighted by Gasteiger charge is -2.56. The first-order chi connectivity index (χ1) is 11.6. The zero-order valence-electron chi connectivity index (χ0n) is 14.7. The molecule has 0 spiro atoms. The van der Waals surface area contributed by atoms with Crippen molar-refractivity contribution in [1.82, 2.24) is 0 Å². The van der Waals surface area contributed by atoms with Crippen LogP contribution in [0.2, 0.25) is 0 Å². The monoisotopic (exact) mass is 327 g/mol.